The molecule has 0 atom stereocenters. The Labute approximate surface area is 62.6 Å². The highest BCUT2D eigenvalue weighted by Gasteiger charge is 1.98. The number of nitrogens with zero attached hydrogens (tertiary/aromatic N) is 1. The average Bonchev–Trinajstić information content (AvgIpc) is 1.90. The van der Waals surface area contributed by atoms with Crippen LogP contribution in [0.4, 0.5) is 0 Å². The molecule has 0 aromatic carbocycles. The van der Waals surface area contributed by atoms with Gasteiger partial charge in [0.2, 0.25) is 0 Å². The van der Waals surface area contributed by atoms with E-state index in [1.807, 2.05) is 6.20 Å². The molecule has 0 unspecified atom stereocenters. The molecule has 0 aromatic rings. The van der Waals surface area contributed by atoms with Crippen LogP contribution >= 0.6 is 22.6 Å². The molecule has 1 aliphatic heterocycles. The van der Waals surface area contributed by atoms with Gasteiger partial charge in [-0.3, -0.25) is 0 Å². The molecule has 0 amide bonds. The minimum absolute atomic E-state index is 0.833. The third kappa shape index (κ3) is 1.54. The quantitative estimate of drug-likeness (QED) is 0.377. The molecule has 0 aliphatic carbocycles. The SMILES string of the molecule is ICN1C=COCC1. The number of rotatable bonds is 1. The fourth-order valence-corrected chi connectivity index (χ4v) is 1.11. The zero-order valence-corrected chi connectivity index (χ0v) is 6.67. The van der Waals surface area contributed by atoms with Crippen molar-refractivity contribution >= 4 is 22.6 Å². The summed E-state index contributed by atoms with van der Waals surface area (Å²) in [5, 5.41) is 0. The Morgan fingerprint density at radius 2 is 2.62 bits per heavy atom. The second-order valence-corrected chi connectivity index (χ2v) is 2.27. The first-order valence-electron chi connectivity index (χ1n) is 2.52. The first-order valence-corrected chi connectivity index (χ1v) is 4.04. The van der Waals surface area contributed by atoms with Gasteiger partial charge in [-0.05, 0) is 0 Å². The zero-order valence-electron chi connectivity index (χ0n) is 4.51. The molecule has 0 saturated carbocycles. The van der Waals surface area contributed by atoms with E-state index in [-0.39, 0.29) is 0 Å². The van der Waals surface area contributed by atoms with Crippen LogP contribution in [0.5, 0.6) is 0 Å². The first kappa shape index (κ1) is 6.19. The number of alkyl halides is 1. The highest BCUT2D eigenvalue weighted by Crippen LogP contribution is 1.99. The molecule has 0 bridgehead atoms. The average molecular weight is 225 g/mol. The predicted octanol–water partition coefficient (Wildman–Crippen LogP) is 1.18. The van der Waals surface area contributed by atoms with Gasteiger partial charge in [-0.25, -0.2) is 0 Å². The number of ether oxygens (including phenoxy) is 1. The Bertz CT molecular complexity index is 94.4. The lowest BCUT2D eigenvalue weighted by atomic mass is 10.6. The van der Waals surface area contributed by atoms with Gasteiger partial charge in [-0.15, -0.1) is 0 Å². The van der Waals surface area contributed by atoms with Crippen molar-refractivity contribution in [3.63, 3.8) is 0 Å². The molecule has 1 rings (SSSR count). The van der Waals surface area contributed by atoms with E-state index in [1.165, 1.54) is 0 Å². The standard InChI is InChI=1S/C5H8INO/c6-5-7-1-3-8-4-2-7/h1,3H,2,4-5H2. The minimum atomic E-state index is 0.833. The second-order valence-electron chi connectivity index (χ2n) is 1.59. The van der Waals surface area contributed by atoms with Gasteiger partial charge in [-0.1, -0.05) is 22.6 Å². The van der Waals surface area contributed by atoms with Crippen LogP contribution in [0.3, 0.4) is 0 Å². The van der Waals surface area contributed by atoms with Crippen LogP contribution in [0, 0.1) is 0 Å². The van der Waals surface area contributed by atoms with Crippen molar-refractivity contribution in [3.05, 3.63) is 12.5 Å². The molecule has 46 valence electrons. The lowest BCUT2D eigenvalue weighted by Gasteiger charge is -2.19. The van der Waals surface area contributed by atoms with Gasteiger partial charge in [0.05, 0.1) is 17.4 Å². The van der Waals surface area contributed by atoms with Crippen LogP contribution in [0.2, 0.25) is 0 Å². The van der Waals surface area contributed by atoms with E-state index in [9.17, 15) is 0 Å². The van der Waals surface area contributed by atoms with E-state index in [0.29, 0.717) is 0 Å². The van der Waals surface area contributed by atoms with Crippen LogP contribution in [0.1, 0.15) is 0 Å². The minimum Gasteiger partial charge on any atom is -0.498 e. The molecule has 1 heterocycles. The van der Waals surface area contributed by atoms with Crippen molar-refractivity contribution in [2.75, 3.05) is 17.7 Å². The number of hydrogen-bond acceptors (Lipinski definition) is 2. The Balaban J connectivity index is 2.32. The van der Waals surface area contributed by atoms with Crippen LogP contribution in [0.25, 0.3) is 0 Å². The van der Waals surface area contributed by atoms with E-state index < -0.39 is 0 Å². The largest absolute Gasteiger partial charge is 0.498 e. The summed E-state index contributed by atoms with van der Waals surface area (Å²) in [4.78, 5) is 2.20. The maximum atomic E-state index is 4.98. The predicted molar refractivity (Wildman–Crippen MR) is 40.7 cm³/mol. The van der Waals surface area contributed by atoms with Crippen LogP contribution in [-0.2, 0) is 4.74 Å². The highest BCUT2D eigenvalue weighted by atomic mass is 127. The lowest BCUT2D eigenvalue weighted by molar-refractivity contribution is 0.186. The Morgan fingerprint density at radius 3 is 3.00 bits per heavy atom. The van der Waals surface area contributed by atoms with E-state index in [0.717, 1.165) is 17.7 Å². The molecule has 0 saturated heterocycles. The van der Waals surface area contributed by atoms with Crippen molar-refractivity contribution in [1.82, 2.24) is 4.90 Å². The van der Waals surface area contributed by atoms with Gasteiger partial charge < -0.3 is 9.64 Å². The molecule has 0 N–H and O–H groups in total. The van der Waals surface area contributed by atoms with Crippen LogP contribution in [0.15, 0.2) is 12.5 Å². The van der Waals surface area contributed by atoms with Crippen molar-refractivity contribution in [3.8, 4) is 0 Å². The van der Waals surface area contributed by atoms with Gasteiger partial charge in [0.25, 0.3) is 0 Å². The maximum absolute atomic E-state index is 4.98. The Kier molecular flexibility index (Phi) is 2.45. The third-order valence-corrected chi connectivity index (χ3v) is 1.89. The molecule has 0 spiro atoms. The molecule has 1 aliphatic rings. The second kappa shape index (κ2) is 3.17. The molecule has 2 nitrogen and oxygen atoms in total. The summed E-state index contributed by atoms with van der Waals surface area (Å²) in [5.74, 6) is 0. The molecule has 8 heavy (non-hydrogen) atoms. The van der Waals surface area contributed by atoms with Gasteiger partial charge in [-0.2, -0.15) is 0 Å². The lowest BCUT2D eigenvalue weighted by Crippen LogP contribution is -2.22. The van der Waals surface area contributed by atoms with Gasteiger partial charge in [0, 0.05) is 6.20 Å². The fraction of sp³-hybridized carbons (Fsp3) is 0.600. The number of hydrogen-bond donors (Lipinski definition) is 0. The summed E-state index contributed by atoms with van der Waals surface area (Å²) in [7, 11) is 0. The third-order valence-electron chi connectivity index (χ3n) is 1.02. The molecule has 3 heteroatoms. The molecular formula is C5H8INO. The molecule has 0 radical (unpaired) electrons. The van der Waals surface area contributed by atoms with Gasteiger partial charge >= 0.3 is 0 Å². The summed E-state index contributed by atoms with van der Waals surface area (Å²) in [6, 6.07) is 0. The van der Waals surface area contributed by atoms with E-state index in [1.54, 1.807) is 6.26 Å². The van der Waals surface area contributed by atoms with Crippen molar-refractivity contribution in [1.29, 1.82) is 0 Å². The normalized spacial score (nSPS) is 18.4. The topological polar surface area (TPSA) is 12.5 Å². The number of halogens is 1. The maximum Gasteiger partial charge on any atom is 0.105 e. The van der Waals surface area contributed by atoms with Gasteiger partial charge in [0.1, 0.15) is 6.61 Å². The van der Waals surface area contributed by atoms with Crippen molar-refractivity contribution in [2.24, 2.45) is 0 Å². The summed E-state index contributed by atoms with van der Waals surface area (Å²) in [5.41, 5.74) is 0. The summed E-state index contributed by atoms with van der Waals surface area (Å²) in [6.45, 7) is 1.86. The summed E-state index contributed by atoms with van der Waals surface area (Å²) in [6.07, 6.45) is 3.71. The monoisotopic (exact) mass is 225 g/mol. The fourth-order valence-electron chi connectivity index (χ4n) is 0.541. The van der Waals surface area contributed by atoms with E-state index in [4.69, 9.17) is 4.74 Å². The first-order chi connectivity index (χ1) is 3.93. The Hall–Kier alpha value is 0.0700. The van der Waals surface area contributed by atoms with Gasteiger partial charge in [0.15, 0.2) is 0 Å². The Morgan fingerprint density at radius 1 is 1.75 bits per heavy atom. The zero-order chi connectivity index (χ0) is 5.82. The molecule has 0 fully saturated rings. The van der Waals surface area contributed by atoms with Crippen LogP contribution in [-0.4, -0.2) is 22.6 Å². The molecule has 0 aromatic heterocycles. The smallest absolute Gasteiger partial charge is 0.105 e. The van der Waals surface area contributed by atoms with E-state index >= 15 is 0 Å². The molecular weight excluding hydrogens is 217 g/mol. The van der Waals surface area contributed by atoms with Crippen molar-refractivity contribution in [2.45, 2.75) is 0 Å². The highest BCUT2D eigenvalue weighted by molar-refractivity contribution is 14.1. The summed E-state index contributed by atoms with van der Waals surface area (Å²) < 4.78 is 6.03. The van der Waals surface area contributed by atoms with Crippen molar-refractivity contribution < 1.29 is 4.74 Å². The summed E-state index contributed by atoms with van der Waals surface area (Å²) >= 11 is 2.33. The van der Waals surface area contributed by atoms with E-state index in [2.05, 4.69) is 27.5 Å². The van der Waals surface area contributed by atoms with Crippen LogP contribution < -0.4 is 0 Å².